The molecule has 0 saturated carbocycles. The Morgan fingerprint density at radius 3 is 2.29 bits per heavy atom. The summed E-state index contributed by atoms with van der Waals surface area (Å²) < 4.78 is 41.1. The van der Waals surface area contributed by atoms with Crippen LogP contribution in [0.25, 0.3) is 17.2 Å². The Morgan fingerprint density at radius 1 is 0.935 bits per heavy atom. The van der Waals surface area contributed by atoms with Crippen LogP contribution in [0.5, 0.6) is 0 Å². The molecule has 0 aliphatic carbocycles. The Morgan fingerprint density at radius 2 is 1.61 bits per heavy atom. The molecule has 0 amide bonds. The van der Waals surface area contributed by atoms with Gasteiger partial charge in [0.1, 0.15) is 5.69 Å². The van der Waals surface area contributed by atoms with Crippen LogP contribution in [0.15, 0.2) is 84.1 Å². The number of halogens is 3. The minimum Gasteiger partial charge on any atom is -0.293 e. The van der Waals surface area contributed by atoms with E-state index in [0.717, 1.165) is 30.1 Å². The Kier molecular flexibility index (Phi) is 5.85. The second-order valence-electron chi connectivity index (χ2n) is 6.48. The minimum absolute atomic E-state index is 0.0346. The lowest BCUT2D eigenvalue weighted by Gasteiger charge is -2.11. The third-order valence-electron chi connectivity index (χ3n) is 4.39. The number of alkyl halides is 3. The molecule has 31 heavy (non-hydrogen) atoms. The highest BCUT2D eigenvalue weighted by Gasteiger charge is 2.31. The van der Waals surface area contributed by atoms with E-state index in [-0.39, 0.29) is 23.1 Å². The molecular weight excluding hydrogens is 425 g/mol. The fraction of sp³-hybridized carbons (Fsp3) is 0.0909. The number of carbonyl (C=O) groups excluding carboxylic acids is 1. The van der Waals surface area contributed by atoms with Crippen LogP contribution in [0.1, 0.15) is 15.9 Å². The quantitative estimate of drug-likeness (QED) is 0.300. The number of rotatable bonds is 6. The molecule has 0 aliphatic rings. The van der Waals surface area contributed by atoms with Crippen molar-refractivity contribution in [3.8, 4) is 17.2 Å². The molecule has 0 fully saturated rings. The van der Waals surface area contributed by atoms with Gasteiger partial charge in [0.2, 0.25) is 0 Å². The topological polar surface area (TPSA) is 60.7 Å². The number of ketones is 1. The highest BCUT2D eigenvalue weighted by molar-refractivity contribution is 7.99. The van der Waals surface area contributed by atoms with Gasteiger partial charge in [0.15, 0.2) is 16.8 Å². The van der Waals surface area contributed by atoms with Crippen molar-refractivity contribution in [2.75, 3.05) is 5.75 Å². The third kappa shape index (κ3) is 4.66. The number of aromatic nitrogens is 4. The van der Waals surface area contributed by atoms with E-state index < -0.39 is 11.7 Å². The van der Waals surface area contributed by atoms with Crippen LogP contribution in [0.4, 0.5) is 13.2 Å². The van der Waals surface area contributed by atoms with E-state index in [0.29, 0.717) is 16.4 Å². The second kappa shape index (κ2) is 8.73. The summed E-state index contributed by atoms with van der Waals surface area (Å²) in [6.07, 6.45) is -3.41. The lowest BCUT2D eigenvalue weighted by molar-refractivity contribution is -0.137. The summed E-state index contributed by atoms with van der Waals surface area (Å²) in [6.45, 7) is 0. The second-order valence-corrected chi connectivity index (χ2v) is 7.43. The molecule has 0 spiro atoms. The molecule has 0 N–H and O–H groups in total. The number of nitrogens with zero attached hydrogens (tertiary/aromatic N) is 4. The average Bonchev–Trinajstić information content (AvgIpc) is 3.22. The molecular formula is C22H15F3N4OS. The molecule has 0 radical (unpaired) electrons. The number of para-hydroxylation sites is 1. The Hall–Kier alpha value is -3.46. The summed E-state index contributed by atoms with van der Waals surface area (Å²) in [5.74, 6) is 0.171. The first-order chi connectivity index (χ1) is 14.9. The van der Waals surface area contributed by atoms with Crippen molar-refractivity contribution in [3.63, 3.8) is 0 Å². The molecule has 9 heteroatoms. The molecule has 2 aromatic carbocycles. The first kappa shape index (κ1) is 20.8. The van der Waals surface area contributed by atoms with Gasteiger partial charge in [-0.3, -0.25) is 14.3 Å². The summed E-state index contributed by atoms with van der Waals surface area (Å²) in [5.41, 5.74) is 0.429. The zero-order chi connectivity index (χ0) is 21.8. The van der Waals surface area contributed by atoms with Crippen LogP contribution < -0.4 is 0 Å². The molecule has 0 bridgehead atoms. The van der Waals surface area contributed by atoms with Crippen LogP contribution in [0.3, 0.4) is 0 Å². The Labute approximate surface area is 180 Å². The van der Waals surface area contributed by atoms with Crippen LogP contribution in [-0.2, 0) is 6.18 Å². The molecule has 2 heterocycles. The van der Waals surface area contributed by atoms with Crippen molar-refractivity contribution < 1.29 is 18.0 Å². The molecule has 4 aromatic rings. The maximum Gasteiger partial charge on any atom is 0.416 e. The predicted octanol–water partition coefficient (Wildman–Crippen LogP) is 5.32. The maximum absolute atomic E-state index is 13.2. The minimum atomic E-state index is -4.50. The summed E-state index contributed by atoms with van der Waals surface area (Å²) in [7, 11) is 0. The van der Waals surface area contributed by atoms with Gasteiger partial charge in [0.25, 0.3) is 0 Å². The predicted molar refractivity (Wildman–Crippen MR) is 111 cm³/mol. The van der Waals surface area contributed by atoms with E-state index in [4.69, 9.17) is 0 Å². The monoisotopic (exact) mass is 440 g/mol. The normalized spacial score (nSPS) is 11.5. The standard InChI is InChI=1S/C22H15F3N4OS/c23-22(24,25)16-11-12-26-18(13-16)20-27-28-21(29(20)17-9-5-2-6-10-17)31-14-19(30)15-7-3-1-4-8-15/h1-13H,14H2. The maximum atomic E-state index is 13.2. The van der Waals surface area contributed by atoms with Gasteiger partial charge in [0.05, 0.1) is 11.3 Å². The van der Waals surface area contributed by atoms with E-state index in [1.807, 2.05) is 12.1 Å². The Bertz CT molecular complexity index is 1190. The summed E-state index contributed by atoms with van der Waals surface area (Å²) >= 11 is 1.16. The van der Waals surface area contributed by atoms with Crippen molar-refractivity contribution in [2.24, 2.45) is 0 Å². The van der Waals surface area contributed by atoms with E-state index in [9.17, 15) is 18.0 Å². The number of hydrogen-bond donors (Lipinski definition) is 0. The first-order valence-corrected chi connectivity index (χ1v) is 10.2. The first-order valence-electron chi connectivity index (χ1n) is 9.19. The number of pyridine rings is 1. The van der Waals surface area contributed by atoms with Gasteiger partial charge in [-0.25, -0.2) is 0 Å². The van der Waals surface area contributed by atoms with Gasteiger partial charge in [-0.05, 0) is 24.3 Å². The smallest absolute Gasteiger partial charge is 0.293 e. The van der Waals surface area contributed by atoms with Crippen molar-refractivity contribution in [3.05, 3.63) is 90.1 Å². The molecule has 0 saturated heterocycles. The molecule has 4 rings (SSSR count). The van der Waals surface area contributed by atoms with E-state index in [1.54, 1.807) is 53.1 Å². The van der Waals surface area contributed by atoms with Crippen LogP contribution in [-0.4, -0.2) is 31.3 Å². The van der Waals surface area contributed by atoms with Crippen LogP contribution in [0.2, 0.25) is 0 Å². The summed E-state index contributed by atoms with van der Waals surface area (Å²) in [4.78, 5) is 16.5. The van der Waals surface area contributed by atoms with E-state index in [2.05, 4.69) is 15.2 Å². The zero-order valence-corrected chi connectivity index (χ0v) is 16.8. The highest BCUT2D eigenvalue weighted by Crippen LogP contribution is 2.32. The summed E-state index contributed by atoms with van der Waals surface area (Å²) in [6, 6.07) is 19.6. The van der Waals surface area contributed by atoms with Gasteiger partial charge in [-0.2, -0.15) is 13.2 Å². The van der Waals surface area contributed by atoms with Gasteiger partial charge < -0.3 is 0 Å². The van der Waals surface area contributed by atoms with Crippen molar-refractivity contribution in [1.29, 1.82) is 0 Å². The van der Waals surface area contributed by atoms with Gasteiger partial charge >= 0.3 is 6.18 Å². The van der Waals surface area contributed by atoms with E-state index >= 15 is 0 Å². The fourth-order valence-corrected chi connectivity index (χ4v) is 3.75. The number of benzene rings is 2. The third-order valence-corrected chi connectivity index (χ3v) is 5.32. The van der Waals surface area contributed by atoms with Crippen LogP contribution >= 0.6 is 11.8 Å². The lowest BCUT2D eigenvalue weighted by atomic mass is 10.2. The largest absolute Gasteiger partial charge is 0.416 e. The number of Topliss-reactive ketones (excluding diaryl/α,β-unsaturated/α-hetero) is 1. The fourth-order valence-electron chi connectivity index (χ4n) is 2.91. The number of carbonyl (C=O) groups is 1. The van der Waals surface area contributed by atoms with Crippen molar-refractivity contribution >= 4 is 17.5 Å². The van der Waals surface area contributed by atoms with Gasteiger partial charge in [0, 0.05) is 17.4 Å². The molecule has 2 aromatic heterocycles. The molecule has 0 atom stereocenters. The number of hydrogen-bond acceptors (Lipinski definition) is 5. The zero-order valence-electron chi connectivity index (χ0n) is 16.0. The van der Waals surface area contributed by atoms with Crippen LogP contribution in [0, 0.1) is 0 Å². The molecule has 0 aliphatic heterocycles. The van der Waals surface area contributed by atoms with Crippen molar-refractivity contribution in [2.45, 2.75) is 11.3 Å². The van der Waals surface area contributed by atoms with Gasteiger partial charge in [-0.1, -0.05) is 60.3 Å². The summed E-state index contributed by atoms with van der Waals surface area (Å²) in [5, 5.41) is 8.60. The molecule has 0 unspecified atom stereocenters. The molecule has 156 valence electrons. The SMILES string of the molecule is O=C(CSc1nnc(-c2cc(C(F)(F)F)ccn2)n1-c1ccccc1)c1ccccc1. The average molecular weight is 440 g/mol. The lowest BCUT2D eigenvalue weighted by Crippen LogP contribution is -2.07. The highest BCUT2D eigenvalue weighted by atomic mass is 32.2. The number of thioether (sulfide) groups is 1. The molecule has 5 nitrogen and oxygen atoms in total. The van der Waals surface area contributed by atoms with Crippen molar-refractivity contribution in [1.82, 2.24) is 19.7 Å². The van der Waals surface area contributed by atoms with Gasteiger partial charge in [-0.15, -0.1) is 10.2 Å². The Balaban J connectivity index is 1.71. The van der Waals surface area contributed by atoms with E-state index in [1.165, 1.54) is 0 Å².